The van der Waals surface area contributed by atoms with E-state index in [4.69, 9.17) is 0 Å². The number of carbonyl (C=O) groups is 2. The van der Waals surface area contributed by atoms with E-state index in [1.54, 1.807) is 4.90 Å². The van der Waals surface area contributed by atoms with Crippen molar-refractivity contribution in [2.75, 3.05) is 11.9 Å². The summed E-state index contributed by atoms with van der Waals surface area (Å²) in [6.45, 7) is 6.43. The van der Waals surface area contributed by atoms with E-state index in [2.05, 4.69) is 16.4 Å². The molecule has 0 spiro atoms. The summed E-state index contributed by atoms with van der Waals surface area (Å²) in [5, 5.41) is 3.49. The predicted octanol–water partition coefficient (Wildman–Crippen LogP) is 3.19. The summed E-state index contributed by atoms with van der Waals surface area (Å²) in [4.78, 5) is 30.9. The minimum absolute atomic E-state index is 0.0441. The number of hydrogen-bond donors (Lipinski definition) is 1. The molecule has 3 rings (SSSR count). The number of carbonyl (C=O) groups excluding carboxylic acids is 2. The molecule has 1 saturated heterocycles. The van der Waals surface area contributed by atoms with Crippen LogP contribution < -0.4 is 5.32 Å². The van der Waals surface area contributed by atoms with E-state index in [0.717, 1.165) is 16.6 Å². The van der Waals surface area contributed by atoms with Crippen molar-refractivity contribution in [3.8, 4) is 0 Å². The topological polar surface area (TPSA) is 62.3 Å². The Kier molecular flexibility index (Phi) is 4.35. The van der Waals surface area contributed by atoms with Gasteiger partial charge >= 0.3 is 0 Å². The standard InChI is InChI=1S/C17H21N3O2S/c1-10(2)16(22)20-8-4-5-13(20)15(21)19-17-18-12-7-6-11(3)9-14(12)23-17/h6-7,9-10,13H,4-5,8H2,1-3H3,(H,18,19,21). The molecule has 1 N–H and O–H groups in total. The largest absolute Gasteiger partial charge is 0.330 e. The molecule has 0 bridgehead atoms. The van der Waals surface area contributed by atoms with Crippen LogP contribution >= 0.6 is 11.3 Å². The number of anilines is 1. The lowest BCUT2D eigenvalue weighted by Gasteiger charge is -2.25. The Bertz CT molecular complexity index is 753. The second-order valence-electron chi connectivity index (χ2n) is 6.32. The van der Waals surface area contributed by atoms with Crippen LogP contribution in [0.2, 0.25) is 0 Å². The monoisotopic (exact) mass is 331 g/mol. The number of thiazole rings is 1. The molecule has 5 nitrogen and oxygen atoms in total. The van der Waals surface area contributed by atoms with E-state index in [1.165, 1.54) is 16.9 Å². The van der Waals surface area contributed by atoms with Crippen LogP contribution in [-0.4, -0.2) is 34.3 Å². The third kappa shape index (κ3) is 3.22. The van der Waals surface area contributed by atoms with Gasteiger partial charge in [-0.05, 0) is 37.5 Å². The first-order valence-corrected chi connectivity index (χ1v) is 8.76. The maximum atomic E-state index is 12.6. The van der Waals surface area contributed by atoms with E-state index < -0.39 is 0 Å². The summed E-state index contributed by atoms with van der Waals surface area (Å²) in [6, 6.07) is 5.65. The molecule has 0 radical (unpaired) electrons. The molecule has 1 unspecified atom stereocenters. The summed E-state index contributed by atoms with van der Waals surface area (Å²) in [5.41, 5.74) is 2.06. The SMILES string of the molecule is Cc1ccc2nc(NC(=O)C3CCCN3C(=O)C(C)C)sc2c1. The van der Waals surface area contributed by atoms with Crippen LogP contribution in [0.4, 0.5) is 5.13 Å². The van der Waals surface area contributed by atoms with Gasteiger partial charge in [-0.2, -0.15) is 0 Å². The number of nitrogens with one attached hydrogen (secondary N) is 1. The molecule has 1 aliphatic heterocycles. The van der Waals surface area contributed by atoms with Crippen molar-refractivity contribution in [1.82, 2.24) is 9.88 Å². The van der Waals surface area contributed by atoms with Gasteiger partial charge in [-0.25, -0.2) is 4.98 Å². The van der Waals surface area contributed by atoms with Crippen LogP contribution in [-0.2, 0) is 9.59 Å². The molecule has 2 heterocycles. The smallest absolute Gasteiger partial charge is 0.248 e. The van der Waals surface area contributed by atoms with Gasteiger partial charge in [0.2, 0.25) is 11.8 Å². The fourth-order valence-corrected chi connectivity index (χ4v) is 3.88. The number of rotatable bonds is 3. The first kappa shape index (κ1) is 15.9. The second kappa shape index (κ2) is 6.28. The maximum absolute atomic E-state index is 12.6. The van der Waals surface area contributed by atoms with Crippen molar-refractivity contribution >= 4 is 38.5 Å². The zero-order valence-electron chi connectivity index (χ0n) is 13.6. The molecule has 1 aromatic carbocycles. The van der Waals surface area contributed by atoms with Crippen LogP contribution in [0.15, 0.2) is 18.2 Å². The molecule has 0 aliphatic carbocycles. The molecule has 0 saturated carbocycles. The Hall–Kier alpha value is -1.95. The minimum Gasteiger partial charge on any atom is -0.330 e. The van der Waals surface area contributed by atoms with Crippen LogP contribution in [0, 0.1) is 12.8 Å². The first-order valence-electron chi connectivity index (χ1n) is 7.94. The summed E-state index contributed by atoms with van der Waals surface area (Å²) >= 11 is 1.47. The number of amides is 2. The summed E-state index contributed by atoms with van der Waals surface area (Å²) < 4.78 is 1.06. The number of aryl methyl sites for hydroxylation is 1. The Balaban J connectivity index is 1.75. The van der Waals surface area contributed by atoms with Crippen molar-refractivity contribution in [3.63, 3.8) is 0 Å². The van der Waals surface area contributed by atoms with Crippen LogP contribution in [0.1, 0.15) is 32.3 Å². The molecule has 2 aromatic rings. The fourth-order valence-electron chi connectivity index (χ4n) is 2.91. The van der Waals surface area contributed by atoms with Gasteiger partial charge in [0.05, 0.1) is 10.2 Å². The molecule has 1 atom stereocenters. The highest BCUT2D eigenvalue weighted by Gasteiger charge is 2.35. The number of aromatic nitrogens is 1. The molecule has 1 aliphatic rings. The van der Waals surface area contributed by atoms with Gasteiger partial charge in [0.15, 0.2) is 5.13 Å². The minimum atomic E-state index is -0.376. The van der Waals surface area contributed by atoms with E-state index in [9.17, 15) is 9.59 Å². The van der Waals surface area contributed by atoms with E-state index in [-0.39, 0.29) is 23.8 Å². The highest BCUT2D eigenvalue weighted by molar-refractivity contribution is 7.22. The van der Waals surface area contributed by atoms with E-state index >= 15 is 0 Å². The van der Waals surface area contributed by atoms with Crippen molar-refractivity contribution < 1.29 is 9.59 Å². The second-order valence-corrected chi connectivity index (χ2v) is 7.35. The van der Waals surface area contributed by atoms with Gasteiger partial charge in [0, 0.05) is 12.5 Å². The fraction of sp³-hybridized carbons (Fsp3) is 0.471. The highest BCUT2D eigenvalue weighted by Crippen LogP contribution is 2.28. The molecule has 1 fully saturated rings. The molecular weight excluding hydrogens is 310 g/mol. The molecule has 2 amide bonds. The van der Waals surface area contributed by atoms with E-state index in [1.807, 2.05) is 32.9 Å². The average Bonchev–Trinajstić information content (AvgIpc) is 3.11. The Labute approximate surface area is 139 Å². The summed E-state index contributed by atoms with van der Waals surface area (Å²) in [7, 11) is 0. The maximum Gasteiger partial charge on any atom is 0.248 e. The van der Waals surface area contributed by atoms with Crippen LogP contribution in [0.25, 0.3) is 10.2 Å². The lowest BCUT2D eigenvalue weighted by atomic mass is 10.1. The van der Waals surface area contributed by atoms with Gasteiger partial charge in [0.1, 0.15) is 6.04 Å². The molecular formula is C17H21N3O2S. The number of likely N-dealkylation sites (tertiary alicyclic amines) is 1. The van der Waals surface area contributed by atoms with Gasteiger partial charge in [0.25, 0.3) is 0 Å². The zero-order chi connectivity index (χ0) is 16.6. The van der Waals surface area contributed by atoms with Crippen LogP contribution in [0.3, 0.4) is 0 Å². The number of benzene rings is 1. The van der Waals surface area contributed by atoms with Crippen molar-refractivity contribution in [1.29, 1.82) is 0 Å². The molecule has 1 aromatic heterocycles. The summed E-state index contributed by atoms with van der Waals surface area (Å²) in [5.74, 6) is -0.177. The van der Waals surface area contributed by atoms with Gasteiger partial charge in [-0.1, -0.05) is 31.3 Å². The summed E-state index contributed by atoms with van der Waals surface area (Å²) in [6.07, 6.45) is 1.59. The van der Waals surface area contributed by atoms with E-state index in [0.29, 0.717) is 18.1 Å². The Morgan fingerprint density at radius 1 is 1.39 bits per heavy atom. The van der Waals surface area contributed by atoms with Gasteiger partial charge in [-0.15, -0.1) is 0 Å². The Morgan fingerprint density at radius 3 is 2.91 bits per heavy atom. The lowest BCUT2D eigenvalue weighted by molar-refractivity contribution is -0.139. The van der Waals surface area contributed by atoms with Crippen molar-refractivity contribution in [3.05, 3.63) is 23.8 Å². The quantitative estimate of drug-likeness (QED) is 0.939. The molecule has 23 heavy (non-hydrogen) atoms. The molecule has 122 valence electrons. The van der Waals surface area contributed by atoms with Gasteiger partial charge in [-0.3, -0.25) is 9.59 Å². The predicted molar refractivity (Wildman–Crippen MR) is 92.6 cm³/mol. The number of fused-ring (bicyclic) bond motifs is 1. The van der Waals surface area contributed by atoms with Crippen molar-refractivity contribution in [2.24, 2.45) is 5.92 Å². The number of nitrogens with zero attached hydrogens (tertiary/aromatic N) is 2. The third-order valence-electron chi connectivity index (χ3n) is 4.11. The van der Waals surface area contributed by atoms with Gasteiger partial charge < -0.3 is 10.2 Å². The Morgan fingerprint density at radius 2 is 2.17 bits per heavy atom. The lowest BCUT2D eigenvalue weighted by Crippen LogP contribution is -2.44. The number of hydrogen-bond acceptors (Lipinski definition) is 4. The highest BCUT2D eigenvalue weighted by atomic mass is 32.1. The first-order chi connectivity index (χ1) is 11.0. The molecule has 6 heteroatoms. The zero-order valence-corrected chi connectivity index (χ0v) is 14.4. The third-order valence-corrected chi connectivity index (χ3v) is 5.04. The van der Waals surface area contributed by atoms with Crippen LogP contribution in [0.5, 0.6) is 0 Å². The average molecular weight is 331 g/mol. The van der Waals surface area contributed by atoms with Crippen molar-refractivity contribution in [2.45, 2.75) is 39.7 Å². The normalized spacial score (nSPS) is 17.9.